The van der Waals surface area contributed by atoms with Crippen molar-refractivity contribution in [1.82, 2.24) is 20.4 Å². The lowest BCUT2D eigenvalue weighted by Gasteiger charge is -2.23. The number of hydrogen-bond donors (Lipinski definition) is 4. The maximum Gasteiger partial charge on any atom is 0.233 e. The van der Waals surface area contributed by atoms with Crippen LogP contribution in [0.3, 0.4) is 0 Å². The Labute approximate surface area is 240 Å². The normalized spacial score (nSPS) is 12.2. The van der Waals surface area contributed by atoms with Crippen LogP contribution in [0.15, 0.2) is 0 Å². The topological polar surface area (TPSA) is 105 Å². The first kappa shape index (κ1) is 37.8. The van der Waals surface area contributed by atoms with E-state index in [1.807, 2.05) is 16.8 Å². The molecule has 8 heteroatoms. The lowest BCUT2D eigenvalue weighted by atomic mass is 10.1. The summed E-state index contributed by atoms with van der Waals surface area (Å²) in [5.74, 6) is -0.0343. The number of nitrogens with zero attached hydrogens (tertiary/aromatic N) is 2. The van der Waals surface area contributed by atoms with Gasteiger partial charge in [0, 0.05) is 45.7 Å². The second-order valence-electron chi connectivity index (χ2n) is 11.2. The van der Waals surface area contributed by atoms with Crippen molar-refractivity contribution in [2.45, 2.75) is 129 Å². The van der Waals surface area contributed by atoms with Gasteiger partial charge in [0.25, 0.3) is 0 Å². The molecule has 0 radical (unpaired) electrons. The van der Waals surface area contributed by atoms with Crippen LogP contribution in [-0.4, -0.2) is 97.4 Å². The zero-order valence-corrected chi connectivity index (χ0v) is 25.9. The van der Waals surface area contributed by atoms with Crippen LogP contribution < -0.4 is 10.6 Å². The fourth-order valence-electron chi connectivity index (χ4n) is 4.80. The summed E-state index contributed by atoms with van der Waals surface area (Å²) in [5, 5.41) is 24.7. The van der Waals surface area contributed by atoms with E-state index in [9.17, 15) is 14.7 Å². The number of likely N-dealkylation sites (N-methyl/N-ethyl adjacent to an activating group) is 1. The molecule has 0 saturated carbocycles. The average Bonchev–Trinajstić information content (AvgIpc) is 2.90. The van der Waals surface area contributed by atoms with Gasteiger partial charge in [0.05, 0.1) is 19.3 Å². The molecule has 232 valence electrons. The molecule has 4 N–H and O–H groups in total. The van der Waals surface area contributed by atoms with Crippen molar-refractivity contribution in [2.24, 2.45) is 0 Å². The fraction of sp³-hybridized carbons (Fsp3) is 0.935. The number of carbonyl (C=O) groups excluding carboxylic acids is 2. The number of carbonyl (C=O) groups is 2. The van der Waals surface area contributed by atoms with Gasteiger partial charge in [-0.05, 0) is 19.9 Å². The smallest absolute Gasteiger partial charge is 0.233 e. The minimum Gasteiger partial charge on any atom is -0.395 e. The van der Waals surface area contributed by atoms with E-state index < -0.39 is 6.10 Å². The molecule has 1 unspecified atom stereocenters. The molecule has 2 amide bonds. The van der Waals surface area contributed by atoms with Gasteiger partial charge in [-0.25, -0.2) is 0 Å². The van der Waals surface area contributed by atoms with Crippen molar-refractivity contribution in [3.05, 3.63) is 0 Å². The molecule has 0 aromatic carbocycles. The third-order valence-corrected chi connectivity index (χ3v) is 7.25. The van der Waals surface area contributed by atoms with Crippen molar-refractivity contribution in [3.63, 3.8) is 0 Å². The SMILES string of the molecule is CCCCCCCCCCN(CCCCCCCCCC)C(=O)CCNC(=O)CNCC(O)CN(C)CCO. The van der Waals surface area contributed by atoms with Crippen molar-refractivity contribution in [2.75, 3.05) is 59.5 Å². The first-order chi connectivity index (χ1) is 18.9. The lowest BCUT2D eigenvalue weighted by molar-refractivity contribution is -0.131. The minimum atomic E-state index is -0.614. The van der Waals surface area contributed by atoms with Gasteiger partial charge in [-0.2, -0.15) is 0 Å². The van der Waals surface area contributed by atoms with E-state index in [1.54, 1.807) is 0 Å². The molecule has 0 aromatic heterocycles. The fourth-order valence-corrected chi connectivity index (χ4v) is 4.80. The lowest BCUT2D eigenvalue weighted by Crippen LogP contribution is -2.42. The van der Waals surface area contributed by atoms with Crippen molar-refractivity contribution in [1.29, 1.82) is 0 Å². The molecular weight excluding hydrogens is 492 g/mol. The van der Waals surface area contributed by atoms with E-state index in [4.69, 9.17) is 5.11 Å². The number of nitrogens with one attached hydrogen (secondary N) is 2. The molecule has 0 aliphatic carbocycles. The monoisotopic (exact) mass is 556 g/mol. The Kier molecular flexibility index (Phi) is 27.4. The van der Waals surface area contributed by atoms with E-state index in [-0.39, 0.29) is 25.0 Å². The Balaban J connectivity index is 4.27. The van der Waals surface area contributed by atoms with Gasteiger partial charge in [0.1, 0.15) is 0 Å². The Morgan fingerprint density at radius 1 is 0.744 bits per heavy atom. The van der Waals surface area contributed by atoms with Gasteiger partial charge in [0.15, 0.2) is 0 Å². The highest BCUT2D eigenvalue weighted by molar-refractivity contribution is 5.80. The first-order valence-corrected chi connectivity index (χ1v) is 16.2. The van der Waals surface area contributed by atoms with Crippen LogP contribution in [0.5, 0.6) is 0 Å². The highest BCUT2D eigenvalue weighted by atomic mass is 16.3. The molecule has 0 aliphatic heterocycles. The highest BCUT2D eigenvalue weighted by Gasteiger charge is 2.14. The molecule has 8 nitrogen and oxygen atoms in total. The van der Waals surface area contributed by atoms with Gasteiger partial charge in [-0.1, -0.05) is 104 Å². The molecule has 0 fully saturated rings. The predicted octanol–water partition coefficient (Wildman–Crippen LogP) is 4.48. The van der Waals surface area contributed by atoms with E-state index in [2.05, 4.69) is 24.5 Å². The Hall–Kier alpha value is -1.22. The number of aliphatic hydroxyl groups excluding tert-OH is 2. The molecule has 0 saturated heterocycles. The summed E-state index contributed by atoms with van der Waals surface area (Å²) >= 11 is 0. The first-order valence-electron chi connectivity index (χ1n) is 16.2. The third-order valence-electron chi connectivity index (χ3n) is 7.25. The van der Waals surface area contributed by atoms with Crippen molar-refractivity contribution >= 4 is 11.8 Å². The zero-order chi connectivity index (χ0) is 29.0. The quantitative estimate of drug-likeness (QED) is 0.101. The molecule has 0 spiro atoms. The van der Waals surface area contributed by atoms with Crippen LogP contribution in [0.4, 0.5) is 0 Å². The maximum absolute atomic E-state index is 13.0. The minimum absolute atomic E-state index is 0.0491. The molecule has 39 heavy (non-hydrogen) atoms. The maximum atomic E-state index is 13.0. The largest absolute Gasteiger partial charge is 0.395 e. The highest BCUT2D eigenvalue weighted by Crippen LogP contribution is 2.12. The summed E-state index contributed by atoms with van der Waals surface area (Å²) in [4.78, 5) is 29.0. The van der Waals surface area contributed by atoms with Crippen LogP contribution in [0.1, 0.15) is 123 Å². The van der Waals surface area contributed by atoms with Crippen LogP contribution >= 0.6 is 0 Å². The molecule has 0 aliphatic rings. The van der Waals surface area contributed by atoms with E-state index in [0.717, 1.165) is 25.9 Å². The molecule has 0 heterocycles. The standard InChI is InChI=1S/C31H64N4O4/c1-4-6-8-10-12-14-16-18-22-35(23-19-17-15-13-11-9-7-5-2)31(39)20-21-33-30(38)27-32-26-29(37)28-34(3)24-25-36/h29,32,36-37H,4-28H2,1-3H3,(H,33,38). The summed E-state index contributed by atoms with van der Waals surface area (Å²) in [7, 11) is 1.83. The number of hydrogen-bond acceptors (Lipinski definition) is 6. The molecular formula is C31H64N4O4. The summed E-state index contributed by atoms with van der Waals surface area (Å²) in [5.41, 5.74) is 0. The summed E-state index contributed by atoms with van der Waals surface area (Å²) in [6.07, 6.45) is 19.8. The van der Waals surface area contributed by atoms with E-state index >= 15 is 0 Å². The second kappa shape index (κ2) is 28.3. The summed E-state index contributed by atoms with van der Waals surface area (Å²) in [6, 6.07) is 0. The van der Waals surface area contributed by atoms with Gasteiger partial charge in [-0.15, -0.1) is 0 Å². The number of amides is 2. The number of aliphatic hydroxyl groups is 2. The third kappa shape index (κ3) is 25.5. The summed E-state index contributed by atoms with van der Waals surface area (Å²) in [6.45, 7) is 7.86. The molecule has 0 rings (SSSR count). The number of rotatable bonds is 29. The van der Waals surface area contributed by atoms with E-state index in [0.29, 0.717) is 32.6 Å². The van der Waals surface area contributed by atoms with Crippen LogP contribution in [0.2, 0.25) is 0 Å². The van der Waals surface area contributed by atoms with Crippen molar-refractivity contribution < 1.29 is 19.8 Å². The van der Waals surface area contributed by atoms with E-state index in [1.165, 1.54) is 89.9 Å². The average molecular weight is 557 g/mol. The van der Waals surface area contributed by atoms with Gasteiger partial charge in [-0.3, -0.25) is 9.59 Å². The molecule has 1 atom stereocenters. The second-order valence-corrected chi connectivity index (χ2v) is 11.2. The Bertz CT molecular complexity index is 545. The van der Waals surface area contributed by atoms with Gasteiger partial charge >= 0.3 is 0 Å². The van der Waals surface area contributed by atoms with Gasteiger partial charge in [0.2, 0.25) is 11.8 Å². The van der Waals surface area contributed by atoms with Gasteiger partial charge < -0.3 is 30.6 Å². The molecule has 0 bridgehead atoms. The van der Waals surface area contributed by atoms with Crippen LogP contribution in [-0.2, 0) is 9.59 Å². The Morgan fingerprint density at radius 2 is 1.23 bits per heavy atom. The Morgan fingerprint density at radius 3 is 1.72 bits per heavy atom. The number of unbranched alkanes of at least 4 members (excludes halogenated alkanes) is 14. The summed E-state index contributed by atoms with van der Waals surface area (Å²) < 4.78 is 0. The zero-order valence-electron chi connectivity index (χ0n) is 25.9. The van der Waals surface area contributed by atoms with Crippen molar-refractivity contribution in [3.8, 4) is 0 Å². The predicted molar refractivity (Wildman–Crippen MR) is 163 cm³/mol. The molecule has 0 aromatic rings. The van der Waals surface area contributed by atoms with Crippen LogP contribution in [0.25, 0.3) is 0 Å². The van der Waals surface area contributed by atoms with Crippen LogP contribution in [0, 0.1) is 0 Å².